The van der Waals surface area contributed by atoms with Gasteiger partial charge in [0.1, 0.15) is 12.3 Å². The predicted molar refractivity (Wildman–Crippen MR) is 30.7 cm³/mol. The number of hydrogen-bond acceptors (Lipinski definition) is 4. The van der Waals surface area contributed by atoms with Crippen molar-refractivity contribution >= 4 is 19.5 Å². The summed E-state index contributed by atoms with van der Waals surface area (Å²) in [6.45, 7) is 0. The van der Waals surface area contributed by atoms with Crippen LogP contribution in [-0.4, -0.2) is 23.3 Å². The maximum absolute atomic E-state index is 10.6. The minimum absolute atomic E-state index is 0. The van der Waals surface area contributed by atoms with Crippen molar-refractivity contribution in [3.63, 3.8) is 0 Å². The maximum Gasteiger partial charge on any atom is 1.00 e. The van der Waals surface area contributed by atoms with Gasteiger partial charge in [0.15, 0.2) is 0 Å². The largest absolute Gasteiger partial charge is 1.00 e. The fraction of sp³-hybridized carbons (Fsp3) is 1.00. The molecule has 1 fully saturated rings. The zero-order valence-corrected chi connectivity index (χ0v) is 9.14. The molecule has 0 aliphatic carbocycles. The van der Waals surface area contributed by atoms with Crippen LogP contribution in [0, 0.1) is 0 Å². The van der Waals surface area contributed by atoms with Crippen LogP contribution in [0.1, 0.15) is 0 Å². The van der Waals surface area contributed by atoms with E-state index in [0.29, 0.717) is 0 Å². The molecule has 0 aromatic heterocycles. The third-order valence-corrected chi connectivity index (χ3v) is 2.56. The van der Waals surface area contributed by atoms with E-state index >= 15 is 0 Å². The van der Waals surface area contributed by atoms with E-state index in [1.807, 2.05) is 0 Å². The number of aliphatic hydroxyl groups excluding tert-OH is 1. The maximum atomic E-state index is 10.6. The van der Waals surface area contributed by atoms with Crippen molar-refractivity contribution in [2.45, 2.75) is 6.10 Å². The van der Waals surface area contributed by atoms with E-state index in [4.69, 9.17) is 16.7 Å². The van der Waals surface area contributed by atoms with Gasteiger partial charge in [-0.15, -0.1) is 11.6 Å². The molecule has 1 atom stereocenters. The van der Waals surface area contributed by atoms with Crippen LogP contribution in [0.3, 0.4) is 0 Å². The first kappa shape index (κ1) is 11.6. The monoisotopic (exact) mass is 195 g/mol. The Morgan fingerprint density at radius 3 is 2.40 bits per heavy atom. The fourth-order valence-corrected chi connectivity index (χ4v) is 1.73. The van der Waals surface area contributed by atoms with Crippen molar-refractivity contribution in [1.82, 2.24) is 0 Å². The minimum atomic E-state index is -2.82. The topological polar surface area (TPSA) is 68.3 Å². The van der Waals surface area contributed by atoms with Gasteiger partial charge in [-0.3, -0.25) is 0 Å². The molecular weight excluding hydrogens is 189 g/mol. The van der Waals surface area contributed by atoms with E-state index in [2.05, 4.69) is 9.35 Å². The van der Waals surface area contributed by atoms with E-state index in [0.717, 1.165) is 0 Å². The molecule has 0 aromatic rings. The molecule has 1 saturated heterocycles. The number of halogens is 1. The second-order valence-corrected chi connectivity index (χ2v) is 3.94. The predicted octanol–water partition coefficient (Wildman–Crippen LogP) is -3.33. The molecule has 1 aliphatic rings. The van der Waals surface area contributed by atoms with E-state index in [1.54, 1.807) is 0 Å². The van der Waals surface area contributed by atoms with Crippen LogP contribution >= 0.6 is 19.5 Å². The van der Waals surface area contributed by atoms with Crippen LogP contribution in [0.15, 0.2) is 0 Å². The van der Waals surface area contributed by atoms with Crippen LogP contribution in [0.4, 0.5) is 0 Å². The Bertz CT molecular complexity index is 111. The van der Waals surface area contributed by atoms with Gasteiger partial charge in [-0.25, -0.2) is 0 Å². The zero-order valence-electron chi connectivity index (χ0n) is 5.49. The van der Waals surface area contributed by atoms with Gasteiger partial charge in [0.25, 0.3) is 0 Å². The van der Waals surface area contributed by atoms with Crippen molar-refractivity contribution in [3.8, 4) is 0 Å². The first-order chi connectivity index (χ1) is 4.16. The summed E-state index contributed by atoms with van der Waals surface area (Å²) in [5.41, 5.74) is 0. The van der Waals surface area contributed by atoms with Crippen LogP contribution in [0.5, 0.6) is 0 Å². The first-order valence-corrected chi connectivity index (χ1v) is 4.63. The molecule has 1 N–H and O–H groups in total. The number of aliphatic hydroxyl groups is 1. The SMILES string of the molecule is [Na+].[O-][P+]1(CC(O)CCl)OO1. The summed E-state index contributed by atoms with van der Waals surface area (Å²) in [6.07, 6.45) is -0.795. The molecule has 0 bridgehead atoms. The third kappa shape index (κ3) is 3.81. The molecule has 0 amide bonds. The Morgan fingerprint density at radius 1 is 1.60 bits per heavy atom. The standard InChI is InChI=1S/C3H6ClO4P.Na/c4-1-3(5)2-9(6)7-8-9;/h3,5H,1-2H2;/q;+1. The second-order valence-electron chi connectivity index (χ2n) is 1.75. The summed E-state index contributed by atoms with van der Waals surface area (Å²) in [4.78, 5) is 10.6. The summed E-state index contributed by atoms with van der Waals surface area (Å²) in [7, 11) is -2.82. The van der Waals surface area contributed by atoms with Gasteiger partial charge in [0.2, 0.25) is 0 Å². The molecule has 54 valence electrons. The molecule has 4 nitrogen and oxygen atoms in total. The second kappa shape index (κ2) is 4.55. The number of alkyl halides is 1. The smallest absolute Gasteiger partial charge is 0.626 e. The van der Waals surface area contributed by atoms with Gasteiger partial charge < -0.3 is 10.00 Å². The van der Waals surface area contributed by atoms with E-state index in [-0.39, 0.29) is 41.6 Å². The first-order valence-electron chi connectivity index (χ1n) is 2.37. The van der Waals surface area contributed by atoms with Crippen molar-refractivity contribution in [2.24, 2.45) is 0 Å². The molecular formula is C3H6ClNaO4P+. The van der Waals surface area contributed by atoms with Gasteiger partial charge in [-0.2, -0.15) is 0 Å². The quantitative estimate of drug-likeness (QED) is 0.168. The number of rotatable bonds is 3. The third-order valence-electron chi connectivity index (χ3n) is 0.853. The molecule has 1 unspecified atom stereocenters. The van der Waals surface area contributed by atoms with Crippen molar-refractivity contribution in [2.75, 3.05) is 12.0 Å². The van der Waals surface area contributed by atoms with Gasteiger partial charge in [-0.1, -0.05) is 0 Å². The zero-order chi connectivity index (χ0) is 6.91. The van der Waals surface area contributed by atoms with Crippen molar-refractivity contribution in [3.05, 3.63) is 0 Å². The molecule has 1 rings (SSSR count). The van der Waals surface area contributed by atoms with Crippen LogP contribution < -0.4 is 34.5 Å². The van der Waals surface area contributed by atoms with Gasteiger partial charge >= 0.3 is 37.5 Å². The Balaban J connectivity index is 0.000000810. The molecule has 0 spiro atoms. The Morgan fingerprint density at radius 2 is 2.10 bits per heavy atom. The van der Waals surface area contributed by atoms with Gasteiger partial charge in [0.05, 0.1) is 5.88 Å². The van der Waals surface area contributed by atoms with Crippen LogP contribution in [0.2, 0.25) is 0 Å². The van der Waals surface area contributed by atoms with Crippen molar-refractivity contribution < 1.29 is 48.9 Å². The summed E-state index contributed by atoms with van der Waals surface area (Å²) < 4.78 is 8.21. The van der Waals surface area contributed by atoms with E-state index in [9.17, 15) is 4.89 Å². The molecule has 7 heteroatoms. The summed E-state index contributed by atoms with van der Waals surface area (Å²) >= 11 is 5.20. The van der Waals surface area contributed by atoms with Crippen molar-refractivity contribution in [1.29, 1.82) is 0 Å². The van der Waals surface area contributed by atoms with Gasteiger partial charge in [0, 0.05) is 0 Å². The van der Waals surface area contributed by atoms with Gasteiger partial charge in [-0.05, 0) is 9.35 Å². The normalized spacial score (nSPS) is 23.1. The van der Waals surface area contributed by atoms with Crippen LogP contribution in [0.25, 0.3) is 0 Å². The Hall–Kier alpha value is 1.56. The molecule has 10 heavy (non-hydrogen) atoms. The summed E-state index contributed by atoms with van der Waals surface area (Å²) in [5, 5.41) is 8.77. The van der Waals surface area contributed by atoms with Crippen LogP contribution in [-0.2, 0) is 9.35 Å². The van der Waals surface area contributed by atoms with E-state index < -0.39 is 14.0 Å². The molecule has 0 radical (unpaired) electrons. The molecule has 0 aromatic carbocycles. The number of hydrogen-bond donors (Lipinski definition) is 1. The van der Waals surface area contributed by atoms with E-state index in [1.165, 1.54) is 0 Å². The Labute approximate surface area is 86.3 Å². The molecule has 0 saturated carbocycles. The molecule has 1 aliphatic heterocycles. The average Bonchev–Trinajstić information content (AvgIpc) is 2.48. The summed E-state index contributed by atoms with van der Waals surface area (Å²) in [6, 6.07) is 0. The molecule has 1 heterocycles. The Kier molecular flexibility index (Phi) is 5.26. The minimum Gasteiger partial charge on any atom is -0.626 e. The average molecular weight is 195 g/mol. The fourth-order valence-electron chi connectivity index (χ4n) is 0.405. The summed E-state index contributed by atoms with van der Waals surface area (Å²) in [5.74, 6) is 0.0523.